The third-order valence-corrected chi connectivity index (χ3v) is 12.4. The zero-order chi connectivity index (χ0) is 39.1. The maximum absolute atomic E-state index is 6.22. The highest BCUT2D eigenvalue weighted by atomic mass is 35.5. The Morgan fingerprint density at radius 1 is 0.315 bits per heavy atom. The van der Waals surface area contributed by atoms with Crippen LogP contribution in [0.1, 0.15) is 130 Å². The van der Waals surface area contributed by atoms with E-state index in [1.165, 1.54) is 133 Å². The molecule has 0 aliphatic heterocycles. The molecule has 296 valence electrons. The summed E-state index contributed by atoms with van der Waals surface area (Å²) in [7, 11) is 0. The van der Waals surface area contributed by atoms with Gasteiger partial charge in [0.05, 0.1) is 26.2 Å². The van der Waals surface area contributed by atoms with Gasteiger partial charge in [-0.3, -0.25) is 0 Å². The van der Waals surface area contributed by atoms with Crippen molar-refractivity contribution < 1.29 is 4.48 Å². The molecule has 0 atom stereocenters. The summed E-state index contributed by atoms with van der Waals surface area (Å²) in [5.74, 6) is 0. The number of unbranched alkanes of at least 4 members (excludes halogenated alkanes) is 12. The third-order valence-electron chi connectivity index (χ3n) is 11.4. The molecule has 4 aromatic rings. The number of quaternary nitrogens is 1. The van der Waals surface area contributed by atoms with Crippen LogP contribution >= 0.6 is 46.4 Å². The van der Waals surface area contributed by atoms with Crippen molar-refractivity contribution >= 4 is 74.4 Å². The van der Waals surface area contributed by atoms with Crippen molar-refractivity contribution in [1.82, 2.24) is 0 Å². The molecule has 0 amide bonds. The second kappa shape index (κ2) is 26.1. The molecule has 0 radical (unpaired) electrons. The second-order valence-electron chi connectivity index (χ2n) is 15.6. The SMILES string of the molecule is CCCCCC[N+](CCCCCC)(CCCCCC)CCCCCC.Clc1ccc([B-](c2ccc(Cl)cc2)(c2ccc(Cl)cc2)c2ccc(Cl)cc2)cc1. The first-order chi connectivity index (χ1) is 26.2. The molecule has 0 aromatic heterocycles. The molecular formula is C48H68BCl4N. The Morgan fingerprint density at radius 2 is 0.519 bits per heavy atom. The van der Waals surface area contributed by atoms with E-state index in [0.29, 0.717) is 20.1 Å². The van der Waals surface area contributed by atoms with Crippen LogP contribution in [-0.4, -0.2) is 36.8 Å². The summed E-state index contributed by atoms with van der Waals surface area (Å²) >= 11 is 24.9. The zero-order valence-electron chi connectivity index (χ0n) is 33.9. The van der Waals surface area contributed by atoms with Crippen LogP contribution in [0.25, 0.3) is 0 Å². The van der Waals surface area contributed by atoms with Crippen LogP contribution in [0.2, 0.25) is 20.1 Å². The van der Waals surface area contributed by atoms with Crippen LogP contribution in [0.5, 0.6) is 0 Å². The zero-order valence-corrected chi connectivity index (χ0v) is 36.9. The fourth-order valence-corrected chi connectivity index (χ4v) is 8.83. The maximum atomic E-state index is 6.22. The van der Waals surface area contributed by atoms with Gasteiger partial charge in [0.25, 0.3) is 0 Å². The molecule has 0 fully saturated rings. The highest BCUT2D eigenvalue weighted by Gasteiger charge is 2.32. The topological polar surface area (TPSA) is 0 Å². The van der Waals surface area contributed by atoms with Gasteiger partial charge in [-0.15, -0.1) is 0 Å². The number of rotatable bonds is 24. The molecule has 1 nitrogen and oxygen atoms in total. The Labute approximate surface area is 350 Å². The van der Waals surface area contributed by atoms with Crippen LogP contribution in [0.4, 0.5) is 0 Å². The number of nitrogens with zero attached hydrogens (tertiary/aromatic N) is 1. The molecule has 0 aliphatic rings. The van der Waals surface area contributed by atoms with E-state index in [9.17, 15) is 0 Å². The van der Waals surface area contributed by atoms with Gasteiger partial charge in [0, 0.05) is 20.1 Å². The average Bonchev–Trinajstić information content (AvgIpc) is 3.18. The molecule has 0 N–H and O–H groups in total. The second-order valence-corrected chi connectivity index (χ2v) is 17.3. The molecule has 54 heavy (non-hydrogen) atoms. The van der Waals surface area contributed by atoms with Gasteiger partial charge in [0.15, 0.2) is 0 Å². The van der Waals surface area contributed by atoms with Gasteiger partial charge >= 0.3 is 0 Å². The van der Waals surface area contributed by atoms with Gasteiger partial charge in [-0.25, -0.2) is 0 Å². The van der Waals surface area contributed by atoms with Crippen molar-refractivity contribution in [3.8, 4) is 0 Å². The highest BCUT2D eigenvalue weighted by molar-refractivity contribution is 7.19. The molecule has 4 aromatic carbocycles. The highest BCUT2D eigenvalue weighted by Crippen LogP contribution is 2.20. The summed E-state index contributed by atoms with van der Waals surface area (Å²) in [6.07, 6.45) is 21.3. The van der Waals surface area contributed by atoms with Crippen molar-refractivity contribution in [2.75, 3.05) is 26.2 Å². The van der Waals surface area contributed by atoms with Crippen LogP contribution < -0.4 is 21.9 Å². The van der Waals surface area contributed by atoms with Gasteiger partial charge in [0.2, 0.25) is 0 Å². The molecule has 0 bridgehead atoms. The first kappa shape index (κ1) is 46.4. The van der Waals surface area contributed by atoms with Gasteiger partial charge < -0.3 is 4.48 Å². The molecule has 0 heterocycles. The largest absolute Gasteiger partial charge is 0.324 e. The Hall–Kier alpha value is -1.94. The molecule has 6 heteroatoms. The fourth-order valence-electron chi connectivity index (χ4n) is 8.33. The maximum Gasteiger partial charge on any atom is 0.108 e. The Kier molecular flexibility index (Phi) is 22.4. The minimum Gasteiger partial charge on any atom is -0.324 e. The molecule has 0 saturated heterocycles. The lowest BCUT2D eigenvalue weighted by Crippen LogP contribution is -2.74. The predicted molar refractivity (Wildman–Crippen MR) is 246 cm³/mol. The quantitative estimate of drug-likeness (QED) is 0.0376. The van der Waals surface area contributed by atoms with Crippen molar-refractivity contribution in [3.63, 3.8) is 0 Å². The molecule has 0 saturated carbocycles. The smallest absolute Gasteiger partial charge is 0.108 e. The summed E-state index contributed by atoms with van der Waals surface area (Å²) in [5, 5.41) is 2.78. The van der Waals surface area contributed by atoms with Crippen LogP contribution in [0, 0.1) is 0 Å². The van der Waals surface area contributed by atoms with E-state index >= 15 is 0 Å². The van der Waals surface area contributed by atoms with Crippen molar-refractivity contribution in [2.24, 2.45) is 0 Å². The van der Waals surface area contributed by atoms with Crippen LogP contribution in [-0.2, 0) is 0 Å². The summed E-state index contributed by atoms with van der Waals surface area (Å²) < 4.78 is 1.46. The molecule has 0 unspecified atom stereocenters. The van der Waals surface area contributed by atoms with E-state index in [0.717, 1.165) is 21.9 Å². The fraction of sp³-hybridized carbons (Fsp3) is 0.500. The van der Waals surface area contributed by atoms with Crippen molar-refractivity contribution in [2.45, 2.75) is 130 Å². The normalized spacial score (nSPS) is 11.7. The number of hydrogen-bond acceptors (Lipinski definition) is 0. The Balaban J connectivity index is 0.000000295. The first-order valence-electron chi connectivity index (χ1n) is 21.3. The van der Waals surface area contributed by atoms with Gasteiger partial charge in [0.1, 0.15) is 6.15 Å². The van der Waals surface area contributed by atoms with E-state index in [-0.39, 0.29) is 0 Å². The lowest BCUT2D eigenvalue weighted by Gasteiger charge is -2.44. The van der Waals surface area contributed by atoms with E-state index in [4.69, 9.17) is 46.4 Å². The molecule has 4 rings (SSSR count). The molecule has 0 spiro atoms. The van der Waals surface area contributed by atoms with Crippen LogP contribution in [0.3, 0.4) is 0 Å². The van der Waals surface area contributed by atoms with E-state index < -0.39 is 6.15 Å². The Morgan fingerprint density at radius 3 is 0.704 bits per heavy atom. The van der Waals surface area contributed by atoms with Gasteiger partial charge in [-0.1, -0.05) is 174 Å². The predicted octanol–water partition coefficient (Wildman–Crippen LogP) is 13.8. The lowest BCUT2D eigenvalue weighted by atomic mass is 9.13. The lowest BCUT2D eigenvalue weighted by molar-refractivity contribution is -0.929. The number of halogens is 4. The monoisotopic (exact) mass is 809 g/mol. The molecule has 0 aliphatic carbocycles. The van der Waals surface area contributed by atoms with Gasteiger partial charge in [-0.05, 0) is 99.9 Å². The minimum absolute atomic E-state index is 0.696. The third kappa shape index (κ3) is 14.9. The summed E-state index contributed by atoms with van der Waals surface area (Å²) in [5.41, 5.74) is 4.56. The number of hydrogen-bond donors (Lipinski definition) is 0. The minimum atomic E-state index is -1.51. The molecular weight excluding hydrogens is 743 g/mol. The van der Waals surface area contributed by atoms with E-state index in [1.54, 1.807) is 0 Å². The average molecular weight is 812 g/mol. The number of benzene rings is 4. The first-order valence-corrected chi connectivity index (χ1v) is 22.8. The standard InChI is InChI=1S/C24H16BCl4.C24H52N/c26-21-9-1-17(2-10-21)25(18-3-11-22(27)12-4-18,19-5-13-23(28)14-6-19)20-7-15-24(29)16-8-20;1-5-9-13-17-21-25(22-18-14-10-6-2,23-19-15-11-7-3)24-20-16-12-8-4/h1-16H;5-24H2,1-4H3/q-1;+1. The van der Waals surface area contributed by atoms with E-state index in [2.05, 4.69) is 76.2 Å². The van der Waals surface area contributed by atoms with Gasteiger partial charge in [-0.2, -0.15) is 21.9 Å². The Bertz CT molecular complexity index is 1300. The van der Waals surface area contributed by atoms with Crippen LogP contribution in [0.15, 0.2) is 97.1 Å². The summed E-state index contributed by atoms with van der Waals surface area (Å²) in [4.78, 5) is 0. The van der Waals surface area contributed by atoms with Crippen molar-refractivity contribution in [3.05, 3.63) is 117 Å². The summed E-state index contributed by atoms with van der Waals surface area (Å²) in [6, 6.07) is 32.1. The van der Waals surface area contributed by atoms with Crippen molar-refractivity contribution in [1.29, 1.82) is 0 Å². The summed E-state index contributed by atoms with van der Waals surface area (Å²) in [6.45, 7) is 15.2. The van der Waals surface area contributed by atoms with E-state index in [1.807, 2.05) is 48.5 Å².